The minimum absolute atomic E-state index is 0.212. The van der Waals surface area contributed by atoms with Gasteiger partial charge >= 0.3 is 0 Å². The zero-order valence-corrected chi connectivity index (χ0v) is 17.8. The van der Waals surface area contributed by atoms with Crippen LogP contribution < -0.4 is 14.8 Å². The maximum absolute atomic E-state index is 9.46. The van der Waals surface area contributed by atoms with Gasteiger partial charge in [-0.05, 0) is 24.6 Å². The minimum Gasteiger partial charge on any atom is -0.487 e. The third-order valence-corrected chi connectivity index (χ3v) is 4.56. The molecule has 0 aliphatic carbocycles. The van der Waals surface area contributed by atoms with Crippen molar-refractivity contribution >= 4 is 11.6 Å². The molecule has 0 aliphatic heterocycles. The Morgan fingerprint density at radius 1 is 1.22 bits per heavy atom. The number of nitrogens with zero attached hydrogens (tertiary/aromatic N) is 8. The van der Waals surface area contributed by atoms with Crippen LogP contribution in [0.2, 0.25) is 0 Å². The Bertz CT molecular complexity index is 1230. The minimum atomic E-state index is -0.212. The Morgan fingerprint density at radius 3 is 2.72 bits per heavy atom. The summed E-state index contributed by atoms with van der Waals surface area (Å²) in [4.78, 5) is 12.7. The van der Waals surface area contributed by atoms with Gasteiger partial charge in [-0.1, -0.05) is 6.07 Å². The number of aryl methyl sites for hydroxylation is 1. The number of benzene rings is 1. The van der Waals surface area contributed by atoms with E-state index in [-0.39, 0.29) is 6.10 Å². The van der Waals surface area contributed by atoms with Crippen molar-refractivity contribution in [2.75, 3.05) is 12.4 Å². The Labute approximate surface area is 184 Å². The molecule has 162 valence electrons. The van der Waals surface area contributed by atoms with Crippen LogP contribution in [0.4, 0.5) is 11.6 Å². The third-order valence-electron chi connectivity index (χ3n) is 4.56. The Hall–Kier alpha value is -4.46. The van der Waals surface area contributed by atoms with Crippen molar-refractivity contribution in [3.8, 4) is 28.8 Å². The first-order valence-electron chi connectivity index (χ1n) is 9.76. The van der Waals surface area contributed by atoms with E-state index in [1.807, 2.05) is 19.1 Å². The van der Waals surface area contributed by atoms with E-state index in [1.54, 1.807) is 54.5 Å². The van der Waals surface area contributed by atoms with Gasteiger partial charge in [-0.25, -0.2) is 19.6 Å². The first kappa shape index (κ1) is 20.8. The lowest BCUT2D eigenvalue weighted by atomic mass is 10.1. The summed E-state index contributed by atoms with van der Waals surface area (Å²) in [7, 11) is 3.35. The number of nitriles is 1. The van der Waals surface area contributed by atoms with Crippen molar-refractivity contribution in [2.45, 2.75) is 19.6 Å². The molecule has 4 aromatic rings. The molecule has 1 N–H and O–H groups in total. The third kappa shape index (κ3) is 4.65. The normalized spacial score (nSPS) is 11.6. The molecule has 3 aromatic heterocycles. The highest BCUT2D eigenvalue weighted by atomic mass is 16.5. The Morgan fingerprint density at radius 2 is 2.03 bits per heavy atom. The van der Waals surface area contributed by atoms with Crippen LogP contribution in [0.1, 0.15) is 12.5 Å². The molecule has 11 heteroatoms. The largest absolute Gasteiger partial charge is 0.487 e. The highest BCUT2D eigenvalue weighted by Gasteiger charge is 2.13. The van der Waals surface area contributed by atoms with Crippen molar-refractivity contribution in [1.82, 2.24) is 34.5 Å². The number of aromatic nitrogens is 7. The first-order valence-corrected chi connectivity index (χ1v) is 9.76. The predicted octanol–water partition coefficient (Wildman–Crippen LogP) is 2.56. The topological polar surface area (TPSA) is 129 Å². The lowest BCUT2D eigenvalue weighted by molar-refractivity contribution is 0.193. The number of anilines is 2. The Kier molecular flexibility index (Phi) is 5.94. The zero-order valence-electron chi connectivity index (χ0n) is 17.8. The molecule has 0 saturated carbocycles. The summed E-state index contributed by atoms with van der Waals surface area (Å²) in [6.45, 7) is 2.42. The van der Waals surface area contributed by atoms with Gasteiger partial charge in [0.05, 0.1) is 25.4 Å². The fourth-order valence-corrected chi connectivity index (χ4v) is 3.10. The van der Waals surface area contributed by atoms with Crippen LogP contribution in [0.15, 0.2) is 49.4 Å². The van der Waals surface area contributed by atoms with Crippen LogP contribution in [-0.2, 0) is 13.6 Å². The number of rotatable bonds is 8. The van der Waals surface area contributed by atoms with E-state index < -0.39 is 0 Å². The molecular formula is C21H21N9O2. The molecule has 1 atom stereocenters. The van der Waals surface area contributed by atoms with Gasteiger partial charge in [0.15, 0.2) is 0 Å². The van der Waals surface area contributed by atoms with Crippen molar-refractivity contribution in [3.05, 3.63) is 55.0 Å². The fourth-order valence-electron chi connectivity index (χ4n) is 3.10. The van der Waals surface area contributed by atoms with Crippen molar-refractivity contribution < 1.29 is 9.47 Å². The number of hydrogen-bond donors (Lipinski definition) is 1. The second kappa shape index (κ2) is 9.13. The quantitative estimate of drug-likeness (QED) is 0.447. The van der Waals surface area contributed by atoms with Gasteiger partial charge < -0.3 is 14.8 Å². The van der Waals surface area contributed by atoms with E-state index in [4.69, 9.17) is 9.47 Å². The van der Waals surface area contributed by atoms with E-state index in [0.717, 1.165) is 11.1 Å². The summed E-state index contributed by atoms with van der Waals surface area (Å²) in [5.74, 6) is 1.35. The van der Waals surface area contributed by atoms with Gasteiger partial charge in [-0.15, -0.1) is 5.10 Å². The lowest BCUT2D eigenvalue weighted by Gasteiger charge is -2.16. The first-order chi connectivity index (χ1) is 15.6. The molecule has 1 unspecified atom stereocenters. The molecule has 0 amide bonds. The maximum Gasteiger partial charge on any atom is 0.256 e. The van der Waals surface area contributed by atoms with E-state index in [2.05, 4.69) is 36.5 Å². The summed E-state index contributed by atoms with van der Waals surface area (Å²) in [5.41, 5.74) is 2.73. The fraction of sp³-hybridized carbons (Fsp3) is 0.238. The van der Waals surface area contributed by atoms with Crippen molar-refractivity contribution in [3.63, 3.8) is 0 Å². The van der Waals surface area contributed by atoms with Crippen LogP contribution in [0.25, 0.3) is 11.1 Å². The van der Waals surface area contributed by atoms with Crippen LogP contribution >= 0.6 is 0 Å². The number of methoxy groups -OCH3 is 1. The molecule has 0 radical (unpaired) electrons. The SMILES string of the molecule is COc1nn(C)cc1Nc1ncc(-c2ccc(C#N)c(OC(C)Cn3cncn3)c2)cn1. The summed E-state index contributed by atoms with van der Waals surface area (Å²) in [6, 6.07) is 7.54. The molecule has 11 nitrogen and oxygen atoms in total. The van der Waals surface area contributed by atoms with Gasteiger partial charge in [0.2, 0.25) is 5.95 Å². The lowest BCUT2D eigenvalue weighted by Crippen LogP contribution is -2.20. The number of nitrogens with one attached hydrogen (secondary N) is 1. The summed E-state index contributed by atoms with van der Waals surface area (Å²) >= 11 is 0. The number of hydrogen-bond acceptors (Lipinski definition) is 9. The highest BCUT2D eigenvalue weighted by Crippen LogP contribution is 2.28. The second-order valence-electron chi connectivity index (χ2n) is 7.01. The average Bonchev–Trinajstić information content (AvgIpc) is 3.43. The van der Waals surface area contributed by atoms with Gasteiger partial charge in [0.1, 0.15) is 36.3 Å². The van der Waals surface area contributed by atoms with E-state index >= 15 is 0 Å². The maximum atomic E-state index is 9.46. The van der Waals surface area contributed by atoms with Gasteiger partial charge in [-0.3, -0.25) is 4.68 Å². The Balaban J connectivity index is 1.51. The van der Waals surface area contributed by atoms with Crippen molar-refractivity contribution in [2.24, 2.45) is 7.05 Å². The molecule has 32 heavy (non-hydrogen) atoms. The summed E-state index contributed by atoms with van der Waals surface area (Å²) in [6.07, 6.45) is 8.05. The van der Waals surface area contributed by atoms with Gasteiger partial charge in [-0.2, -0.15) is 10.4 Å². The molecular weight excluding hydrogens is 410 g/mol. The molecule has 3 heterocycles. The average molecular weight is 431 g/mol. The van der Waals surface area contributed by atoms with Crippen LogP contribution in [0, 0.1) is 11.3 Å². The molecule has 0 aliphatic rings. The standard InChI is InChI=1S/C21H21N9O2/c1-14(10-30-13-23-12-26-30)32-19-6-15(4-5-16(19)7-22)17-8-24-21(25-9-17)27-18-11-29(2)28-20(18)31-3/h4-6,8-9,11-14H,10H2,1-3H3,(H,24,25,27). The van der Waals surface area contributed by atoms with Crippen LogP contribution in [-0.4, -0.2) is 47.7 Å². The van der Waals surface area contributed by atoms with E-state index in [0.29, 0.717) is 35.4 Å². The zero-order chi connectivity index (χ0) is 22.5. The highest BCUT2D eigenvalue weighted by molar-refractivity contribution is 5.67. The molecule has 1 aromatic carbocycles. The van der Waals surface area contributed by atoms with Crippen LogP contribution in [0.5, 0.6) is 11.6 Å². The molecule has 0 bridgehead atoms. The molecule has 0 spiro atoms. The summed E-state index contributed by atoms with van der Waals surface area (Å²) < 4.78 is 14.6. The predicted molar refractivity (Wildman–Crippen MR) is 115 cm³/mol. The van der Waals surface area contributed by atoms with E-state index in [9.17, 15) is 5.26 Å². The second-order valence-corrected chi connectivity index (χ2v) is 7.01. The molecule has 0 fully saturated rings. The van der Waals surface area contributed by atoms with E-state index in [1.165, 1.54) is 6.33 Å². The van der Waals surface area contributed by atoms with Gasteiger partial charge in [0.25, 0.3) is 5.88 Å². The molecule has 0 saturated heterocycles. The smallest absolute Gasteiger partial charge is 0.256 e. The monoisotopic (exact) mass is 431 g/mol. The molecule has 4 rings (SSSR count). The van der Waals surface area contributed by atoms with Crippen LogP contribution in [0.3, 0.4) is 0 Å². The van der Waals surface area contributed by atoms with Crippen molar-refractivity contribution in [1.29, 1.82) is 5.26 Å². The summed E-state index contributed by atoms with van der Waals surface area (Å²) in [5, 5.41) is 20.8. The van der Waals surface area contributed by atoms with Gasteiger partial charge in [0, 0.05) is 25.0 Å². The number of ether oxygens (including phenoxy) is 2.